The van der Waals surface area contributed by atoms with Gasteiger partial charge in [0, 0.05) is 25.0 Å². The first-order valence-corrected chi connectivity index (χ1v) is 10.6. The van der Waals surface area contributed by atoms with Gasteiger partial charge in [0.25, 0.3) is 5.56 Å². The Morgan fingerprint density at radius 1 is 1.29 bits per heavy atom. The zero-order chi connectivity index (χ0) is 20.3. The van der Waals surface area contributed by atoms with Gasteiger partial charge in [-0.3, -0.25) is 19.0 Å². The van der Waals surface area contributed by atoms with E-state index in [0.29, 0.717) is 42.0 Å². The number of likely N-dealkylation sites (tertiary alicyclic amines) is 1. The molecule has 2 N–H and O–H groups in total. The second kappa shape index (κ2) is 8.77. The van der Waals surface area contributed by atoms with Gasteiger partial charge in [-0.25, -0.2) is 4.98 Å². The van der Waals surface area contributed by atoms with Crippen molar-refractivity contribution in [2.45, 2.75) is 44.3 Å². The Labute approximate surface area is 168 Å². The third-order valence-corrected chi connectivity index (χ3v) is 6.32. The molecule has 1 aliphatic rings. The van der Waals surface area contributed by atoms with Crippen LogP contribution in [0.5, 0.6) is 0 Å². The third kappa shape index (κ3) is 4.22. The van der Waals surface area contributed by atoms with Crippen LogP contribution >= 0.6 is 11.8 Å². The molecule has 1 aromatic carbocycles. The number of nitrogens with two attached hydrogens (primary N) is 1. The highest BCUT2D eigenvalue weighted by Crippen LogP contribution is 2.24. The number of piperidine rings is 1. The number of aromatic nitrogens is 2. The molecule has 0 radical (unpaired) electrons. The Hall–Kier alpha value is -2.35. The zero-order valence-electron chi connectivity index (χ0n) is 16.3. The lowest BCUT2D eigenvalue weighted by molar-refractivity contribution is -0.132. The maximum Gasteiger partial charge on any atom is 0.262 e. The zero-order valence-corrected chi connectivity index (χ0v) is 17.1. The molecule has 1 aromatic heterocycles. The van der Waals surface area contributed by atoms with Crippen molar-refractivity contribution in [2.75, 3.05) is 18.8 Å². The molecule has 2 amide bonds. The van der Waals surface area contributed by atoms with Crippen LogP contribution in [0.4, 0.5) is 0 Å². The molecule has 7 nitrogen and oxygen atoms in total. The van der Waals surface area contributed by atoms with Crippen molar-refractivity contribution in [3.8, 4) is 0 Å². The van der Waals surface area contributed by atoms with Crippen LogP contribution < -0.4 is 11.3 Å². The van der Waals surface area contributed by atoms with E-state index in [2.05, 4.69) is 4.98 Å². The van der Waals surface area contributed by atoms with E-state index in [4.69, 9.17) is 5.73 Å². The summed E-state index contributed by atoms with van der Waals surface area (Å²) >= 11 is 1.30. The Morgan fingerprint density at radius 3 is 2.61 bits per heavy atom. The lowest BCUT2D eigenvalue weighted by Crippen LogP contribution is -2.42. The highest BCUT2D eigenvalue weighted by molar-refractivity contribution is 7.99. The summed E-state index contributed by atoms with van der Waals surface area (Å²) in [5.74, 6) is -0.234. The minimum atomic E-state index is -0.292. The van der Waals surface area contributed by atoms with Crippen molar-refractivity contribution >= 4 is 34.5 Å². The first-order chi connectivity index (χ1) is 13.4. The molecular formula is C20H26N4O3S. The Morgan fingerprint density at radius 2 is 1.96 bits per heavy atom. The fourth-order valence-corrected chi connectivity index (χ4v) is 4.43. The molecule has 28 heavy (non-hydrogen) atoms. The van der Waals surface area contributed by atoms with Crippen LogP contribution in [0.1, 0.15) is 39.2 Å². The fraction of sp³-hybridized carbons (Fsp3) is 0.500. The van der Waals surface area contributed by atoms with Crippen molar-refractivity contribution in [3.05, 3.63) is 34.6 Å². The number of primary amides is 1. The number of thioether (sulfide) groups is 1. The minimum Gasteiger partial charge on any atom is -0.369 e. The molecule has 0 bridgehead atoms. The lowest BCUT2D eigenvalue weighted by Gasteiger charge is -2.30. The summed E-state index contributed by atoms with van der Waals surface area (Å²) in [6.07, 6.45) is 2.01. The summed E-state index contributed by atoms with van der Waals surface area (Å²) in [7, 11) is 0. The van der Waals surface area contributed by atoms with Crippen molar-refractivity contribution in [3.63, 3.8) is 0 Å². The topological polar surface area (TPSA) is 98.3 Å². The summed E-state index contributed by atoms with van der Waals surface area (Å²) in [6.45, 7) is 5.08. The van der Waals surface area contributed by atoms with Gasteiger partial charge < -0.3 is 10.6 Å². The Bertz CT molecular complexity index is 935. The molecule has 1 fully saturated rings. The van der Waals surface area contributed by atoms with E-state index < -0.39 is 0 Å². The summed E-state index contributed by atoms with van der Waals surface area (Å²) in [6, 6.07) is 7.28. The quantitative estimate of drug-likeness (QED) is 0.590. The number of nitrogens with zero attached hydrogens (tertiary/aromatic N) is 3. The largest absolute Gasteiger partial charge is 0.369 e. The number of para-hydroxylation sites is 1. The third-order valence-electron chi connectivity index (χ3n) is 5.38. The lowest BCUT2D eigenvalue weighted by atomic mass is 9.96. The number of carbonyl (C=O) groups excluding carboxylic acids is 2. The van der Waals surface area contributed by atoms with Crippen LogP contribution in [0.2, 0.25) is 0 Å². The molecule has 2 aromatic rings. The molecule has 0 unspecified atom stereocenters. The SMILES string of the molecule is CC[C@H](C)n1c(SCC(=O)N2CCC(C(N)=O)CC2)nc2ccccc2c1=O. The average Bonchev–Trinajstić information content (AvgIpc) is 2.71. The first kappa shape index (κ1) is 20.4. The van der Waals surface area contributed by atoms with Crippen molar-refractivity contribution < 1.29 is 9.59 Å². The predicted octanol–water partition coefficient (Wildman–Crippen LogP) is 2.18. The summed E-state index contributed by atoms with van der Waals surface area (Å²) in [5, 5.41) is 1.16. The normalized spacial score (nSPS) is 16.3. The summed E-state index contributed by atoms with van der Waals surface area (Å²) < 4.78 is 1.69. The van der Waals surface area contributed by atoms with Crippen LogP contribution in [0.25, 0.3) is 10.9 Å². The van der Waals surface area contributed by atoms with E-state index in [-0.39, 0.29) is 35.1 Å². The van der Waals surface area contributed by atoms with Gasteiger partial charge in [-0.2, -0.15) is 0 Å². The van der Waals surface area contributed by atoms with Gasteiger partial charge in [0.1, 0.15) is 0 Å². The maximum atomic E-state index is 13.0. The van der Waals surface area contributed by atoms with E-state index in [9.17, 15) is 14.4 Å². The minimum absolute atomic E-state index is 0.00600. The molecule has 150 valence electrons. The number of carbonyl (C=O) groups is 2. The van der Waals surface area contributed by atoms with E-state index in [1.165, 1.54) is 11.8 Å². The van der Waals surface area contributed by atoms with Gasteiger partial charge >= 0.3 is 0 Å². The average molecular weight is 403 g/mol. The summed E-state index contributed by atoms with van der Waals surface area (Å²) in [4.78, 5) is 43.3. The van der Waals surface area contributed by atoms with Crippen LogP contribution in [0.15, 0.2) is 34.2 Å². The highest BCUT2D eigenvalue weighted by Gasteiger charge is 2.26. The molecule has 0 spiro atoms. The monoisotopic (exact) mass is 402 g/mol. The molecule has 8 heteroatoms. The molecule has 2 heterocycles. The molecule has 0 saturated carbocycles. The van der Waals surface area contributed by atoms with E-state index in [1.54, 1.807) is 15.5 Å². The predicted molar refractivity (Wildman–Crippen MR) is 110 cm³/mol. The number of amides is 2. The standard InChI is InChI=1S/C20H26N4O3S/c1-3-13(2)24-19(27)15-6-4-5-7-16(15)22-20(24)28-12-17(25)23-10-8-14(9-11-23)18(21)26/h4-7,13-14H,3,8-12H2,1-2H3,(H2,21,26)/t13-/m0/s1. The molecule has 3 rings (SSSR count). The van der Waals surface area contributed by atoms with E-state index in [0.717, 1.165) is 6.42 Å². The maximum absolute atomic E-state index is 13.0. The van der Waals surface area contributed by atoms with Crippen LogP contribution in [-0.4, -0.2) is 45.1 Å². The van der Waals surface area contributed by atoms with Gasteiger partial charge in [0.15, 0.2) is 5.16 Å². The molecular weight excluding hydrogens is 376 g/mol. The van der Waals surface area contributed by atoms with Crippen LogP contribution in [-0.2, 0) is 9.59 Å². The van der Waals surface area contributed by atoms with Gasteiger partial charge in [0.05, 0.1) is 16.7 Å². The highest BCUT2D eigenvalue weighted by atomic mass is 32.2. The van der Waals surface area contributed by atoms with Crippen molar-refractivity contribution in [2.24, 2.45) is 11.7 Å². The van der Waals surface area contributed by atoms with E-state index >= 15 is 0 Å². The number of fused-ring (bicyclic) bond motifs is 1. The Balaban J connectivity index is 1.77. The second-order valence-electron chi connectivity index (χ2n) is 7.19. The fourth-order valence-electron chi connectivity index (χ4n) is 3.43. The van der Waals surface area contributed by atoms with Crippen LogP contribution in [0, 0.1) is 5.92 Å². The van der Waals surface area contributed by atoms with Crippen molar-refractivity contribution in [1.29, 1.82) is 0 Å². The number of benzene rings is 1. The van der Waals surface area contributed by atoms with E-state index in [1.807, 2.05) is 32.0 Å². The number of hydrogen-bond acceptors (Lipinski definition) is 5. The number of rotatable bonds is 6. The summed E-state index contributed by atoms with van der Waals surface area (Å²) in [5.41, 5.74) is 5.92. The van der Waals surface area contributed by atoms with Crippen molar-refractivity contribution in [1.82, 2.24) is 14.5 Å². The Kier molecular flexibility index (Phi) is 6.39. The molecule has 1 aliphatic heterocycles. The molecule has 1 saturated heterocycles. The van der Waals surface area contributed by atoms with Crippen LogP contribution in [0.3, 0.4) is 0 Å². The second-order valence-corrected chi connectivity index (χ2v) is 8.13. The van der Waals surface area contributed by atoms with Gasteiger partial charge in [-0.1, -0.05) is 30.8 Å². The first-order valence-electron chi connectivity index (χ1n) is 9.63. The van der Waals surface area contributed by atoms with Gasteiger partial charge in [-0.15, -0.1) is 0 Å². The smallest absolute Gasteiger partial charge is 0.262 e. The van der Waals surface area contributed by atoms with Gasteiger partial charge in [-0.05, 0) is 38.3 Å². The van der Waals surface area contributed by atoms with Gasteiger partial charge in [0.2, 0.25) is 11.8 Å². The number of hydrogen-bond donors (Lipinski definition) is 1. The molecule has 1 atom stereocenters. The molecule has 0 aliphatic carbocycles.